The Kier molecular flexibility index (Phi) is 4.57. The van der Waals surface area contributed by atoms with E-state index >= 15 is 0 Å². The zero-order chi connectivity index (χ0) is 19.8. The molecule has 0 unspecified atom stereocenters. The zero-order valence-electron chi connectivity index (χ0n) is 16.5. The largest absolute Gasteiger partial charge is 0.462 e. The second-order valence-corrected chi connectivity index (χ2v) is 7.96. The van der Waals surface area contributed by atoms with Gasteiger partial charge in [-0.1, -0.05) is 48.5 Å². The highest BCUT2D eigenvalue weighted by Crippen LogP contribution is 2.40. The minimum Gasteiger partial charge on any atom is -0.462 e. The molecule has 0 amide bonds. The summed E-state index contributed by atoms with van der Waals surface area (Å²) in [6.07, 6.45) is 8.78. The zero-order valence-corrected chi connectivity index (χ0v) is 16.5. The predicted octanol–water partition coefficient (Wildman–Crippen LogP) is 4.29. The second kappa shape index (κ2) is 7.37. The third-order valence-electron chi connectivity index (χ3n) is 5.99. The first-order valence-electron chi connectivity index (χ1n) is 10.1. The molecule has 4 nitrogen and oxygen atoms in total. The highest BCUT2D eigenvalue weighted by Gasteiger charge is 2.33. The molecule has 1 aliphatic heterocycles. The fraction of sp³-hybridized carbons (Fsp3) is 0.240. The topological polar surface area (TPSA) is 45.3 Å². The molecule has 2 aliphatic rings. The Hall–Kier alpha value is -3.11. The Labute approximate surface area is 170 Å². The van der Waals surface area contributed by atoms with E-state index in [9.17, 15) is 4.79 Å². The first-order valence-corrected chi connectivity index (χ1v) is 10.1. The number of likely N-dealkylation sites (N-methyl/N-ethyl adjacent to an activating group) is 1. The Morgan fingerprint density at radius 2 is 2.07 bits per heavy atom. The van der Waals surface area contributed by atoms with E-state index in [2.05, 4.69) is 47.4 Å². The molecule has 0 saturated carbocycles. The molecule has 1 N–H and O–H groups in total. The molecule has 1 aliphatic carbocycles. The summed E-state index contributed by atoms with van der Waals surface area (Å²) < 4.78 is 5.56. The van der Waals surface area contributed by atoms with E-state index in [-0.39, 0.29) is 11.9 Å². The van der Waals surface area contributed by atoms with E-state index in [0.29, 0.717) is 12.6 Å². The van der Waals surface area contributed by atoms with Crippen LogP contribution in [0.2, 0.25) is 0 Å². The number of ether oxygens (including phenoxy) is 1. The lowest BCUT2D eigenvalue weighted by Gasteiger charge is -2.39. The van der Waals surface area contributed by atoms with E-state index in [1.807, 2.05) is 30.3 Å². The maximum absolute atomic E-state index is 12.2. The molecule has 2 aromatic carbocycles. The predicted molar refractivity (Wildman–Crippen MR) is 116 cm³/mol. The number of nitrogens with zero attached hydrogens (tertiary/aromatic N) is 1. The molecule has 3 aromatic rings. The van der Waals surface area contributed by atoms with Crippen LogP contribution in [0.25, 0.3) is 22.6 Å². The number of aromatic nitrogens is 1. The van der Waals surface area contributed by atoms with Gasteiger partial charge in [-0.25, -0.2) is 4.79 Å². The van der Waals surface area contributed by atoms with Crippen LogP contribution in [0, 0.1) is 5.92 Å². The summed E-state index contributed by atoms with van der Waals surface area (Å²) in [4.78, 5) is 18.0. The van der Waals surface area contributed by atoms with Crippen molar-refractivity contribution in [3.05, 3.63) is 83.6 Å². The number of H-pyrrole nitrogens is 1. The first kappa shape index (κ1) is 18.0. The summed E-state index contributed by atoms with van der Waals surface area (Å²) in [6.45, 7) is 1.29. The van der Waals surface area contributed by atoms with Crippen LogP contribution in [-0.4, -0.2) is 42.1 Å². The number of fused-ring (bicyclic) bond motifs is 2. The smallest absolute Gasteiger partial charge is 0.330 e. The summed E-state index contributed by atoms with van der Waals surface area (Å²) in [5.74, 6) is -0.105. The number of hydrogen-bond acceptors (Lipinski definition) is 3. The van der Waals surface area contributed by atoms with Crippen LogP contribution in [0.15, 0.2) is 66.9 Å². The molecule has 0 spiro atoms. The second-order valence-electron chi connectivity index (χ2n) is 7.96. The van der Waals surface area contributed by atoms with Gasteiger partial charge in [0.25, 0.3) is 0 Å². The molecule has 0 saturated heterocycles. The fourth-order valence-electron chi connectivity index (χ4n) is 4.62. The van der Waals surface area contributed by atoms with E-state index in [4.69, 9.17) is 4.74 Å². The summed E-state index contributed by atoms with van der Waals surface area (Å²) in [5, 5.41) is 1.34. The van der Waals surface area contributed by atoms with E-state index in [1.165, 1.54) is 33.7 Å². The van der Waals surface area contributed by atoms with Crippen LogP contribution in [0.3, 0.4) is 0 Å². The van der Waals surface area contributed by atoms with Crippen LogP contribution in [0.1, 0.15) is 16.7 Å². The van der Waals surface area contributed by atoms with Gasteiger partial charge in [0.15, 0.2) is 0 Å². The van der Waals surface area contributed by atoms with E-state index in [0.717, 1.165) is 18.5 Å². The number of aromatic amines is 1. The van der Waals surface area contributed by atoms with Gasteiger partial charge in [-0.05, 0) is 47.9 Å². The number of rotatable bonds is 4. The molecular formula is C25H24N2O2. The van der Waals surface area contributed by atoms with Gasteiger partial charge in [0, 0.05) is 41.7 Å². The lowest BCUT2D eigenvalue weighted by Crippen LogP contribution is -2.43. The summed E-state index contributed by atoms with van der Waals surface area (Å²) in [7, 11) is 2.17. The van der Waals surface area contributed by atoms with Gasteiger partial charge in [-0.3, -0.25) is 4.90 Å². The van der Waals surface area contributed by atoms with Gasteiger partial charge in [-0.15, -0.1) is 0 Å². The SMILES string of the molecule is CN1C[C@H](COC(=O)/C=C/c2ccccc2)C=C2c3cccc4[nH]cc(c34)C[C@H]21. The summed E-state index contributed by atoms with van der Waals surface area (Å²) >= 11 is 0. The number of nitrogens with one attached hydrogen (secondary N) is 1. The standard InChI is InChI=1S/C25H24N2O2/c1-27-15-18(16-29-24(28)11-10-17-6-3-2-4-7-17)12-21-20-8-5-9-22-25(20)19(14-26-22)13-23(21)27/h2-12,14,18,23,26H,13,15-16H2,1H3/b11-10+/t18-,23-/m1/s1. The number of esters is 1. The van der Waals surface area contributed by atoms with Gasteiger partial charge in [0.05, 0.1) is 6.61 Å². The number of hydrogen-bond donors (Lipinski definition) is 1. The van der Waals surface area contributed by atoms with Crippen molar-refractivity contribution in [2.24, 2.45) is 5.92 Å². The van der Waals surface area contributed by atoms with Crippen molar-refractivity contribution in [2.45, 2.75) is 12.5 Å². The van der Waals surface area contributed by atoms with Gasteiger partial charge in [0.1, 0.15) is 0 Å². The third-order valence-corrected chi connectivity index (χ3v) is 5.99. The van der Waals surface area contributed by atoms with Gasteiger partial charge in [0.2, 0.25) is 0 Å². The molecule has 0 radical (unpaired) electrons. The molecule has 29 heavy (non-hydrogen) atoms. The fourth-order valence-corrected chi connectivity index (χ4v) is 4.62. The summed E-state index contributed by atoms with van der Waals surface area (Å²) in [6, 6.07) is 16.6. The lowest BCUT2D eigenvalue weighted by atomic mass is 9.80. The van der Waals surface area contributed by atoms with Gasteiger partial charge >= 0.3 is 5.97 Å². The maximum Gasteiger partial charge on any atom is 0.330 e. The lowest BCUT2D eigenvalue weighted by molar-refractivity contribution is -0.138. The monoisotopic (exact) mass is 384 g/mol. The van der Waals surface area contributed by atoms with Crippen molar-refractivity contribution < 1.29 is 9.53 Å². The van der Waals surface area contributed by atoms with Crippen molar-refractivity contribution in [1.29, 1.82) is 0 Å². The number of carbonyl (C=O) groups is 1. The molecule has 5 rings (SSSR count). The van der Waals surface area contributed by atoms with Crippen molar-refractivity contribution in [3.63, 3.8) is 0 Å². The Morgan fingerprint density at radius 1 is 1.21 bits per heavy atom. The van der Waals surface area contributed by atoms with Gasteiger partial charge in [-0.2, -0.15) is 0 Å². The Morgan fingerprint density at radius 3 is 2.93 bits per heavy atom. The molecule has 0 fully saturated rings. The van der Waals surface area contributed by atoms with Crippen molar-refractivity contribution >= 4 is 28.5 Å². The van der Waals surface area contributed by atoms with Crippen LogP contribution in [0.5, 0.6) is 0 Å². The highest BCUT2D eigenvalue weighted by molar-refractivity contribution is 5.98. The normalized spacial score (nSPS) is 21.2. The first-order chi connectivity index (χ1) is 14.2. The Bertz CT molecular complexity index is 1110. The van der Waals surface area contributed by atoms with Crippen LogP contribution < -0.4 is 0 Å². The van der Waals surface area contributed by atoms with Crippen molar-refractivity contribution in [3.8, 4) is 0 Å². The third kappa shape index (κ3) is 3.40. The Balaban J connectivity index is 1.33. The molecule has 2 heterocycles. The molecule has 2 atom stereocenters. The molecule has 4 heteroatoms. The van der Waals surface area contributed by atoms with Crippen LogP contribution in [-0.2, 0) is 16.0 Å². The summed E-state index contributed by atoms with van der Waals surface area (Å²) in [5.41, 5.74) is 6.24. The van der Waals surface area contributed by atoms with Crippen LogP contribution in [0.4, 0.5) is 0 Å². The van der Waals surface area contributed by atoms with E-state index < -0.39 is 0 Å². The molecular weight excluding hydrogens is 360 g/mol. The minimum atomic E-state index is -0.296. The maximum atomic E-state index is 12.2. The van der Waals surface area contributed by atoms with Crippen LogP contribution >= 0.6 is 0 Å². The van der Waals surface area contributed by atoms with Gasteiger partial charge < -0.3 is 9.72 Å². The van der Waals surface area contributed by atoms with Crippen molar-refractivity contribution in [2.75, 3.05) is 20.2 Å². The number of carbonyl (C=O) groups excluding carboxylic acids is 1. The molecule has 0 bridgehead atoms. The molecule has 146 valence electrons. The highest BCUT2D eigenvalue weighted by atomic mass is 16.5. The average molecular weight is 384 g/mol. The quantitative estimate of drug-likeness (QED) is 0.539. The average Bonchev–Trinajstić information content (AvgIpc) is 3.17. The van der Waals surface area contributed by atoms with Crippen molar-refractivity contribution in [1.82, 2.24) is 9.88 Å². The number of benzene rings is 2. The minimum absolute atomic E-state index is 0.191. The molecule has 1 aromatic heterocycles. The van der Waals surface area contributed by atoms with E-state index in [1.54, 1.807) is 6.08 Å².